The van der Waals surface area contributed by atoms with Crippen molar-refractivity contribution >= 4 is 10.9 Å². The van der Waals surface area contributed by atoms with Gasteiger partial charge in [-0.1, -0.05) is 18.2 Å². The molecule has 3 aromatic rings. The van der Waals surface area contributed by atoms with Gasteiger partial charge < -0.3 is 25.3 Å². The number of aliphatic hydroxyl groups is 1. The first-order valence-corrected chi connectivity index (χ1v) is 13.9. The van der Waals surface area contributed by atoms with Crippen LogP contribution in [0.25, 0.3) is 10.9 Å². The molecule has 7 rings (SSSR count). The highest BCUT2D eigenvalue weighted by molar-refractivity contribution is 5.87. The van der Waals surface area contributed by atoms with Crippen molar-refractivity contribution in [1.29, 1.82) is 0 Å². The van der Waals surface area contributed by atoms with Crippen LogP contribution >= 0.6 is 0 Å². The summed E-state index contributed by atoms with van der Waals surface area (Å²) in [5.41, 5.74) is 2.59. The third-order valence-electron chi connectivity index (χ3n) is 9.34. The van der Waals surface area contributed by atoms with E-state index in [1.54, 1.807) is 12.1 Å². The zero-order chi connectivity index (χ0) is 25.4. The average molecular weight is 503 g/mol. The molecule has 0 spiro atoms. The molecule has 2 unspecified atom stereocenters. The quantitative estimate of drug-likeness (QED) is 0.274. The van der Waals surface area contributed by atoms with E-state index in [0.29, 0.717) is 28.4 Å². The Morgan fingerprint density at radius 1 is 1.08 bits per heavy atom. The Labute approximate surface area is 218 Å². The van der Waals surface area contributed by atoms with E-state index in [1.807, 2.05) is 6.07 Å². The molecule has 0 saturated heterocycles. The number of rotatable bonds is 11. The van der Waals surface area contributed by atoms with Crippen LogP contribution in [0, 0.1) is 23.2 Å². The second-order valence-corrected chi connectivity index (χ2v) is 11.8. The summed E-state index contributed by atoms with van der Waals surface area (Å²) in [5, 5.41) is 24.8. The van der Waals surface area contributed by atoms with Crippen molar-refractivity contribution in [3.63, 3.8) is 0 Å². The highest BCUT2D eigenvalue weighted by Crippen LogP contribution is 2.67. The van der Waals surface area contributed by atoms with E-state index in [1.165, 1.54) is 56.2 Å². The third-order valence-corrected chi connectivity index (χ3v) is 9.34. The number of benzene rings is 2. The molecule has 196 valence electrons. The minimum Gasteiger partial charge on any atom is -0.506 e. The van der Waals surface area contributed by atoms with E-state index in [0.717, 1.165) is 49.5 Å². The molecule has 4 aliphatic carbocycles. The summed E-state index contributed by atoms with van der Waals surface area (Å²) in [7, 11) is 0. The van der Waals surface area contributed by atoms with Gasteiger partial charge in [0.05, 0.1) is 18.2 Å². The first kappa shape index (κ1) is 24.5. The monoisotopic (exact) mass is 502 g/mol. The Morgan fingerprint density at radius 2 is 1.92 bits per heavy atom. The molecule has 4 bridgehead atoms. The average Bonchev–Trinajstić information content (AvgIpc) is 3.28. The number of aromatic hydroxyl groups is 1. The van der Waals surface area contributed by atoms with Crippen molar-refractivity contribution in [2.75, 3.05) is 19.7 Å². The third kappa shape index (κ3) is 5.01. The summed E-state index contributed by atoms with van der Waals surface area (Å²) < 4.78 is 6.14. The number of aromatic amines is 1. The van der Waals surface area contributed by atoms with E-state index in [-0.39, 0.29) is 11.3 Å². The van der Waals surface area contributed by atoms with Gasteiger partial charge in [0, 0.05) is 18.0 Å². The number of phenols is 1. The van der Waals surface area contributed by atoms with Gasteiger partial charge in [0.15, 0.2) is 0 Å². The normalized spacial score (nSPS) is 26.7. The molecule has 2 aromatic carbocycles. The number of aromatic nitrogens is 1. The highest BCUT2D eigenvalue weighted by Gasteiger charge is 2.56. The van der Waals surface area contributed by atoms with Crippen molar-refractivity contribution in [2.24, 2.45) is 23.2 Å². The lowest BCUT2D eigenvalue weighted by Crippen LogP contribution is -2.24. The molecular weight excluding hydrogens is 464 g/mol. The molecule has 4 N–H and O–H groups in total. The van der Waals surface area contributed by atoms with Crippen LogP contribution in [0.15, 0.2) is 53.3 Å². The van der Waals surface area contributed by atoms with Crippen LogP contribution < -0.4 is 15.6 Å². The van der Waals surface area contributed by atoms with Crippen LogP contribution in [-0.4, -0.2) is 34.9 Å². The number of phenolic OH excluding ortho intramolecular Hbond substituents is 1. The van der Waals surface area contributed by atoms with E-state index < -0.39 is 6.10 Å². The van der Waals surface area contributed by atoms with Gasteiger partial charge in [0.25, 0.3) is 0 Å². The first-order chi connectivity index (χ1) is 18.0. The molecule has 1 aromatic heterocycles. The number of pyridine rings is 1. The fraction of sp³-hybridized carbons (Fsp3) is 0.516. The lowest BCUT2D eigenvalue weighted by atomic mass is 9.73. The van der Waals surface area contributed by atoms with E-state index in [4.69, 9.17) is 4.74 Å². The number of ether oxygens (including phenoxy) is 1. The Kier molecular flexibility index (Phi) is 6.72. The SMILES string of the molecule is O=c1ccc2c([C@@H](O)CNCCc3cccc(OCCCC45CC6CC(CC4C6)C5)c3)ccc(O)c2[nH]1. The van der Waals surface area contributed by atoms with Crippen LogP contribution in [0.1, 0.15) is 62.2 Å². The molecule has 0 aliphatic heterocycles. The molecule has 6 nitrogen and oxygen atoms in total. The minimum atomic E-state index is -0.756. The summed E-state index contributed by atoms with van der Waals surface area (Å²) in [6.45, 7) is 1.89. The van der Waals surface area contributed by atoms with E-state index >= 15 is 0 Å². The fourth-order valence-corrected chi connectivity index (χ4v) is 7.91. The molecule has 4 fully saturated rings. The molecule has 1 heterocycles. The van der Waals surface area contributed by atoms with E-state index in [2.05, 4.69) is 28.5 Å². The van der Waals surface area contributed by atoms with Gasteiger partial charge in [0.2, 0.25) is 5.56 Å². The summed E-state index contributed by atoms with van der Waals surface area (Å²) in [5.74, 6) is 3.99. The zero-order valence-electron chi connectivity index (χ0n) is 21.4. The lowest BCUT2D eigenvalue weighted by Gasteiger charge is -2.33. The molecule has 0 amide bonds. The van der Waals surface area contributed by atoms with Gasteiger partial charge in [0.1, 0.15) is 11.5 Å². The Morgan fingerprint density at radius 3 is 2.76 bits per heavy atom. The second-order valence-electron chi connectivity index (χ2n) is 11.8. The minimum absolute atomic E-state index is 0.00360. The summed E-state index contributed by atoms with van der Waals surface area (Å²) >= 11 is 0. The maximum Gasteiger partial charge on any atom is 0.248 e. The van der Waals surface area contributed by atoms with Gasteiger partial charge in [-0.25, -0.2) is 0 Å². The number of hydrogen-bond acceptors (Lipinski definition) is 5. The summed E-state index contributed by atoms with van der Waals surface area (Å²) in [6, 6.07) is 14.6. The topological polar surface area (TPSA) is 94.6 Å². The standard InChI is InChI=1S/C31H38N2O4/c34-27-7-5-25(26-6-8-29(36)33-30(26)27)28(35)19-32-11-9-20-3-1-4-24(16-20)37-12-2-10-31-17-21-13-22(18-31)15-23(31)14-21/h1,3-8,16,21-23,28,32,34-35H,2,9-15,17-19H2,(H,33,36)/t21?,22?,23?,28-,31?/m0/s1. The predicted octanol–water partition coefficient (Wildman–Crippen LogP) is 5.08. The molecule has 6 heteroatoms. The van der Waals surface area contributed by atoms with Crippen LogP contribution in [0.5, 0.6) is 11.5 Å². The molecular formula is C31H38N2O4. The summed E-state index contributed by atoms with van der Waals surface area (Å²) in [4.78, 5) is 14.3. The Balaban J connectivity index is 0.957. The van der Waals surface area contributed by atoms with Gasteiger partial charge in [-0.15, -0.1) is 0 Å². The van der Waals surface area contributed by atoms with Crippen molar-refractivity contribution in [2.45, 2.75) is 57.5 Å². The van der Waals surface area contributed by atoms with Gasteiger partial charge >= 0.3 is 0 Å². The van der Waals surface area contributed by atoms with Crippen LogP contribution in [0.4, 0.5) is 0 Å². The number of aliphatic hydroxyl groups excluding tert-OH is 1. The summed E-state index contributed by atoms with van der Waals surface area (Å²) in [6.07, 6.45) is 10.0. The van der Waals surface area contributed by atoms with Crippen molar-refractivity contribution in [3.05, 3.63) is 70.0 Å². The van der Waals surface area contributed by atoms with Gasteiger partial charge in [-0.2, -0.15) is 0 Å². The van der Waals surface area contributed by atoms with Crippen molar-refractivity contribution in [3.8, 4) is 11.5 Å². The fourth-order valence-electron chi connectivity index (χ4n) is 7.91. The number of nitrogens with one attached hydrogen (secondary N) is 2. The second kappa shape index (κ2) is 10.1. The van der Waals surface area contributed by atoms with Crippen LogP contribution in [-0.2, 0) is 6.42 Å². The van der Waals surface area contributed by atoms with Gasteiger partial charge in [-0.3, -0.25) is 4.79 Å². The molecule has 3 atom stereocenters. The highest BCUT2D eigenvalue weighted by atomic mass is 16.5. The zero-order valence-corrected chi connectivity index (χ0v) is 21.4. The largest absolute Gasteiger partial charge is 0.506 e. The maximum atomic E-state index is 11.6. The lowest BCUT2D eigenvalue weighted by molar-refractivity contribution is 0.166. The van der Waals surface area contributed by atoms with Crippen molar-refractivity contribution in [1.82, 2.24) is 10.3 Å². The number of H-pyrrole nitrogens is 1. The number of fused-ring (bicyclic) bond motifs is 1. The maximum absolute atomic E-state index is 11.6. The molecule has 4 saturated carbocycles. The molecule has 0 radical (unpaired) electrons. The van der Waals surface area contributed by atoms with Crippen LogP contribution in [0.3, 0.4) is 0 Å². The Hall–Kier alpha value is -2.83. The number of hydrogen-bond donors (Lipinski definition) is 4. The predicted molar refractivity (Wildman–Crippen MR) is 145 cm³/mol. The van der Waals surface area contributed by atoms with E-state index in [9.17, 15) is 15.0 Å². The molecule has 4 aliphatic rings. The first-order valence-electron chi connectivity index (χ1n) is 13.9. The smallest absolute Gasteiger partial charge is 0.248 e. The van der Waals surface area contributed by atoms with Crippen LogP contribution in [0.2, 0.25) is 0 Å². The van der Waals surface area contributed by atoms with Gasteiger partial charge in [-0.05, 0) is 116 Å². The molecule has 37 heavy (non-hydrogen) atoms. The van der Waals surface area contributed by atoms with Crippen molar-refractivity contribution < 1.29 is 14.9 Å². The Bertz CT molecular complexity index is 1300.